The second-order valence-corrected chi connectivity index (χ2v) is 4.68. The minimum absolute atomic E-state index is 0.450. The molecule has 0 fully saturated rings. The molecule has 0 unspecified atom stereocenters. The Morgan fingerprint density at radius 3 is 2.50 bits per heavy atom. The van der Waals surface area contributed by atoms with E-state index in [2.05, 4.69) is 10.1 Å². The van der Waals surface area contributed by atoms with Crippen molar-refractivity contribution in [2.24, 2.45) is 5.73 Å². The van der Waals surface area contributed by atoms with E-state index in [1.807, 2.05) is 59.6 Å². The highest BCUT2D eigenvalue weighted by Crippen LogP contribution is 2.23. The van der Waals surface area contributed by atoms with Crippen molar-refractivity contribution in [1.29, 1.82) is 0 Å². The number of imidazole rings is 1. The van der Waals surface area contributed by atoms with Gasteiger partial charge in [-0.15, -0.1) is 0 Å². The average Bonchev–Trinajstić information content (AvgIpc) is 3.02. The van der Waals surface area contributed by atoms with Crippen LogP contribution < -0.4 is 5.73 Å². The third-order valence-electron chi connectivity index (χ3n) is 3.42. The van der Waals surface area contributed by atoms with Crippen LogP contribution in [0.4, 0.5) is 0 Å². The van der Waals surface area contributed by atoms with Gasteiger partial charge in [0.25, 0.3) is 0 Å². The maximum absolute atomic E-state index is 5.91. The number of benzene rings is 1. The lowest BCUT2D eigenvalue weighted by Crippen LogP contribution is -2.09. The van der Waals surface area contributed by atoms with Gasteiger partial charge in [-0.25, -0.2) is 9.67 Å². The number of aryl methyl sites for hydroxylation is 2. The number of nitrogens with zero attached hydrogens (tertiary/aromatic N) is 4. The molecule has 0 aliphatic carbocycles. The van der Waals surface area contributed by atoms with Crippen molar-refractivity contribution in [3.05, 3.63) is 59.8 Å². The van der Waals surface area contributed by atoms with Crippen molar-refractivity contribution < 1.29 is 0 Å². The molecule has 0 radical (unpaired) electrons. The van der Waals surface area contributed by atoms with Crippen LogP contribution >= 0.6 is 0 Å². The molecule has 0 aliphatic rings. The molecular weight excluding hydrogens is 250 g/mol. The van der Waals surface area contributed by atoms with E-state index in [9.17, 15) is 0 Å². The maximum atomic E-state index is 5.91. The van der Waals surface area contributed by atoms with Gasteiger partial charge in [-0.3, -0.25) is 4.57 Å². The minimum Gasteiger partial charge on any atom is -0.326 e. The molecule has 5 nitrogen and oxygen atoms in total. The highest BCUT2D eigenvalue weighted by molar-refractivity contribution is 5.46. The summed E-state index contributed by atoms with van der Waals surface area (Å²) in [5, 5.41) is 4.64. The zero-order valence-electron chi connectivity index (χ0n) is 11.6. The summed E-state index contributed by atoms with van der Waals surface area (Å²) in [5.74, 6) is 1.88. The average molecular weight is 267 g/mol. The Hall–Kier alpha value is -2.40. The summed E-state index contributed by atoms with van der Waals surface area (Å²) in [4.78, 5) is 4.29. The molecule has 3 rings (SSSR count). The summed E-state index contributed by atoms with van der Waals surface area (Å²) in [6.07, 6.45) is 3.72. The quantitative estimate of drug-likeness (QED) is 0.790. The summed E-state index contributed by atoms with van der Waals surface area (Å²) < 4.78 is 3.95. The Labute approximate surface area is 117 Å². The van der Waals surface area contributed by atoms with E-state index in [1.54, 1.807) is 6.20 Å². The Morgan fingerprint density at radius 1 is 1.15 bits per heavy atom. The van der Waals surface area contributed by atoms with Gasteiger partial charge in [0.1, 0.15) is 11.6 Å². The fourth-order valence-corrected chi connectivity index (χ4v) is 2.38. The number of hydrogen-bond donors (Lipinski definition) is 1. The first-order valence-electron chi connectivity index (χ1n) is 6.56. The molecule has 0 aliphatic heterocycles. The highest BCUT2D eigenvalue weighted by atomic mass is 15.4. The lowest BCUT2D eigenvalue weighted by atomic mass is 10.2. The molecule has 5 heteroatoms. The monoisotopic (exact) mass is 267 g/mol. The van der Waals surface area contributed by atoms with Gasteiger partial charge in [-0.1, -0.05) is 18.2 Å². The van der Waals surface area contributed by atoms with Crippen LogP contribution in [-0.4, -0.2) is 19.3 Å². The number of para-hydroxylation sites is 1. The van der Waals surface area contributed by atoms with Crippen LogP contribution in [-0.2, 0) is 6.54 Å². The first-order chi connectivity index (χ1) is 9.72. The Bertz CT molecular complexity index is 724. The molecule has 0 bridgehead atoms. The fourth-order valence-electron chi connectivity index (χ4n) is 2.38. The van der Waals surface area contributed by atoms with E-state index in [-0.39, 0.29) is 0 Å². The Balaban J connectivity index is 2.29. The van der Waals surface area contributed by atoms with Crippen LogP contribution in [0, 0.1) is 13.8 Å². The van der Waals surface area contributed by atoms with E-state index in [1.165, 1.54) is 0 Å². The van der Waals surface area contributed by atoms with Gasteiger partial charge >= 0.3 is 0 Å². The largest absolute Gasteiger partial charge is 0.326 e. The zero-order chi connectivity index (χ0) is 14.1. The predicted molar refractivity (Wildman–Crippen MR) is 78.1 cm³/mol. The maximum Gasteiger partial charge on any atom is 0.146 e. The summed E-state index contributed by atoms with van der Waals surface area (Å²) in [7, 11) is 0. The molecule has 0 saturated carbocycles. The van der Waals surface area contributed by atoms with Crippen molar-refractivity contribution in [2.45, 2.75) is 20.4 Å². The molecule has 3 aromatic rings. The second-order valence-electron chi connectivity index (χ2n) is 4.68. The van der Waals surface area contributed by atoms with Gasteiger partial charge < -0.3 is 5.73 Å². The molecule has 2 heterocycles. The molecule has 0 saturated heterocycles. The van der Waals surface area contributed by atoms with Gasteiger partial charge in [0.15, 0.2) is 0 Å². The number of aromatic nitrogens is 4. The van der Waals surface area contributed by atoms with Crippen LogP contribution in [0.25, 0.3) is 11.5 Å². The van der Waals surface area contributed by atoms with E-state index in [4.69, 9.17) is 5.73 Å². The van der Waals surface area contributed by atoms with Crippen LogP contribution in [0.2, 0.25) is 0 Å². The standard InChI is InChI=1S/C15H17N5/c1-11-14(10-16)15(19-9-8-17-12(19)2)20(18-11)13-6-4-3-5-7-13/h3-9H,10,16H2,1-2H3. The lowest BCUT2D eigenvalue weighted by molar-refractivity contribution is 0.795. The normalized spacial score (nSPS) is 10.9. The SMILES string of the molecule is Cc1nn(-c2ccccc2)c(-n2ccnc2C)c1CN. The number of hydrogen-bond acceptors (Lipinski definition) is 3. The fraction of sp³-hybridized carbons (Fsp3) is 0.200. The topological polar surface area (TPSA) is 61.7 Å². The molecular formula is C15H17N5. The number of nitrogens with two attached hydrogens (primary N) is 1. The smallest absolute Gasteiger partial charge is 0.146 e. The molecule has 2 aromatic heterocycles. The van der Waals surface area contributed by atoms with E-state index >= 15 is 0 Å². The van der Waals surface area contributed by atoms with Crippen molar-refractivity contribution in [3.63, 3.8) is 0 Å². The first kappa shape index (κ1) is 12.6. The summed E-state index contributed by atoms with van der Waals surface area (Å²) in [6.45, 7) is 4.40. The molecule has 0 amide bonds. The van der Waals surface area contributed by atoms with Crippen LogP contribution in [0.5, 0.6) is 0 Å². The molecule has 1 aromatic carbocycles. The van der Waals surface area contributed by atoms with Gasteiger partial charge in [-0.2, -0.15) is 5.10 Å². The van der Waals surface area contributed by atoms with Crippen molar-refractivity contribution >= 4 is 0 Å². The van der Waals surface area contributed by atoms with Gasteiger partial charge in [0, 0.05) is 24.5 Å². The highest BCUT2D eigenvalue weighted by Gasteiger charge is 2.17. The third-order valence-corrected chi connectivity index (χ3v) is 3.42. The molecule has 2 N–H and O–H groups in total. The molecule has 0 spiro atoms. The predicted octanol–water partition coefficient (Wildman–Crippen LogP) is 2.13. The van der Waals surface area contributed by atoms with Crippen LogP contribution in [0.15, 0.2) is 42.7 Å². The zero-order valence-corrected chi connectivity index (χ0v) is 11.6. The van der Waals surface area contributed by atoms with Gasteiger partial charge in [0.2, 0.25) is 0 Å². The van der Waals surface area contributed by atoms with Crippen LogP contribution in [0.3, 0.4) is 0 Å². The number of rotatable bonds is 3. The Morgan fingerprint density at radius 2 is 1.90 bits per heavy atom. The third kappa shape index (κ3) is 1.92. The summed E-state index contributed by atoms with van der Waals surface area (Å²) in [6, 6.07) is 10.1. The minimum atomic E-state index is 0.450. The lowest BCUT2D eigenvalue weighted by Gasteiger charge is -2.11. The van der Waals surface area contributed by atoms with Crippen LogP contribution in [0.1, 0.15) is 17.1 Å². The molecule has 0 atom stereocenters. The summed E-state index contributed by atoms with van der Waals surface area (Å²) in [5.41, 5.74) is 8.91. The van der Waals surface area contributed by atoms with E-state index in [0.29, 0.717) is 6.54 Å². The summed E-state index contributed by atoms with van der Waals surface area (Å²) >= 11 is 0. The second kappa shape index (κ2) is 4.94. The molecule has 20 heavy (non-hydrogen) atoms. The van der Waals surface area contributed by atoms with Crippen molar-refractivity contribution in [3.8, 4) is 11.5 Å². The van der Waals surface area contributed by atoms with Crippen molar-refractivity contribution in [2.75, 3.05) is 0 Å². The molecule has 102 valence electrons. The van der Waals surface area contributed by atoms with Gasteiger partial charge in [-0.05, 0) is 26.0 Å². The van der Waals surface area contributed by atoms with E-state index in [0.717, 1.165) is 28.6 Å². The van der Waals surface area contributed by atoms with Gasteiger partial charge in [0.05, 0.1) is 11.4 Å². The first-order valence-corrected chi connectivity index (χ1v) is 6.56. The Kier molecular flexibility index (Phi) is 3.12. The van der Waals surface area contributed by atoms with Crippen molar-refractivity contribution in [1.82, 2.24) is 19.3 Å². The van der Waals surface area contributed by atoms with E-state index < -0.39 is 0 Å².